The van der Waals surface area contributed by atoms with Crippen LogP contribution in [-0.4, -0.2) is 30.6 Å². The van der Waals surface area contributed by atoms with Crippen molar-refractivity contribution >= 4 is 5.97 Å². The second-order valence-corrected chi connectivity index (χ2v) is 4.70. The number of nitrogens with zero attached hydrogens (tertiary/aromatic N) is 4. The predicted octanol–water partition coefficient (Wildman–Crippen LogP) is 1.55. The summed E-state index contributed by atoms with van der Waals surface area (Å²) in [6.07, 6.45) is 7.16. The van der Waals surface area contributed by atoms with Crippen LogP contribution in [-0.2, 0) is 12.8 Å². The molecular weight excluding hydrogens is 244 g/mol. The first-order valence-electron chi connectivity index (χ1n) is 6.29. The molecule has 0 fully saturated rings. The third-order valence-corrected chi connectivity index (χ3v) is 3.32. The highest BCUT2D eigenvalue weighted by Gasteiger charge is 2.19. The van der Waals surface area contributed by atoms with Crippen molar-refractivity contribution in [3.8, 4) is 5.82 Å². The summed E-state index contributed by atoms with van der Waals surface area (Å²) in [7, 11) is 0. The molecule has 0 atom stereocenters. The van der Waals surface area contributed by atoms with Gasteiger partial charge in [-0.25, -0.2) is 19.7 Å². The van der Waals surface area contributed by atoms with Gasteiger partial charge in [-0.1, -0.05) is 0 Å². The maximum atomic E-state index is 10.9. The molecule has 0 amide bonds. The summed E-state index contributed by atoms with van der Waals surface area (Å²) in [5.41, 5.74) is 2.23. The maximum absolute atomic E-state index is 10.9. The van der Waals surface area contributed by atoms with Gasteiger partial charge < -0.3 is 5.11 Å². The molecule has 0 saturated heterocycles. The number of aryl methyl sites for hydroxylation is 2. The molecule has 0 spiro atoms. The normalized spacial score (nSPS) is 14.2. The van der Waals surface area contributed by atoms with Crippen LogP contribution in [0.25, 0.3) is 5.82 Å². The highest BCUT2D eigenvalue weighted by Crippen LogP contribution is 2.24. The first kappa shape index (κ1) is 11.8. The van der Waals surface area contributed by atoms with Crippen LogP contribution in [0, 0.1) is 6.92 Å². The van der Waals surface area contributed by atoms with Crippen molar-refractivity contribution in [1.29, 1.82) is 0 Å². The number of aromatic carboxylic acids is 1. The lowest BCUT2D eigenvalue weighted by Gasteiger charge is -2.18. The summed E-state index contributed by atoms with van der Waals surface area (Å²) < 4.78 is 1.68. The van der Waals surface area contributed by atoms with E-state index in [0.29, 0.717) is 5.82 Å². The lowest BCUT2D eigenvalue weighted by molar-refractivity contribution is 0.0691. The van der Waals surface area contributed by atoms with E-state index in [1.807, 2.05) is 6.92 Å². The SMILES string of the molecule is Cc1nc2c(c(-n3cnc(C(=O)O)c3)n1)CCCC2. The van der Waals surface area contributed by atoms with E-state index < -0.39 is 5.97 Å². The van der Waals surface area contributed by atoms with Crippen molar-refractivity contribution in [2.45, 2.75) is 32.6 Å². The van der Waals surface area contributed by atoms with Gasteiger partial charge in [0.25, 0.3) is 0 Å². The van der Waals surface area contributed by atoms with Gasteiger partial charge in [0.15, 0.2) is 5.69 Å². The van der Waals surface area contributed by atoms with Crippen LogP contribution in [0.5, 0.6) is 0 Å². The highest BCUT2D eigenvalue weighted by molar-refractivity contribution is 5.85. The molecule has 0 aromatic carbocycles. The van der Waals surface area contributed by atoms with Crippen LogP contribution in [0.3, 0.4) is 0 Å². The van der Waals surface area contributed by atoms with Crippen molar-refractivity contribution in [1.82, 2.24) is 19.5 Å². The fraction of sp³-hybridized carbons (Fsp3) is 0.385. The number of carboxylic acids is 1. The Balaban J connectivity index is 2.12. The Morgan fingerprint density at radius 3 is 2.84 bits per heavy atom. The Labute approximate surface area is 110 Å². The smallest absolute Gasteiger partial charge is 0.356 e. The average Bonchev–Trinajstić information content (AvgIpc) is 2.87. The van der Waals surface area contributed by atoms with Gasteiger partial charge in [-0.15, -0.1) is 0 Å². The molecule has 1 aliphatic carbocycles. The molecule has 1 N–H and O–H groups in total. The van der Waals surface area contributed by atoms with E-state index in [4.69, 9.17) is 5.11 Å². The van der Waals surface area contributed by atoms with E-state index in [9.17, 15) is 4.79 Å². The summed E-state index contributed by atoms with van der Waals surface area (Å²) in [6, 6.07) is 0. The lowest BCUT2D eigenvalue weighted by atomic mass is 9.96. The molecule has 19 heavy (non-hydrogen) atoms. The van der Waals surface area contributed by atoms with E-state index in [1.54, 1.807) is 4.57 Å². The Kier molecular flexibility index (Phi) is 2.77. The molecule has 6 nitrogen and oxygen atoms in total. The van der Waals surface area contributed by atoms with Gasteiger partial charge in [0, 0.05) is 17.5 Å². The van der Waals surface area contributed by atoms with Crippen LogP contribution in [0.1, 0.15) is 40.4 Å². The third kappa shape index (κ3) is 2.09. The number of fused-ring (bicyclic) bond motifs is 1. The molecular formula is C13H14N4O2. The van der Waals surface area contributed by atoms with Gasteiger partial charge in [-0.2, -0.15) is 0 Å². The van der Waals surface area contributed by atoms with Gasteiger partial charge in [0.1, 0.15) is 18.0 Å². The van der Waals surface area contributed by atoms with Crippen LogP contribution >= 0.6 is 0 Å². The minimum absolute atomic E-state index is 0.0285. The summed E-state index contributed by atoms with van der Waals surface area (Å²) in [4.78, 5) is 23.7. The second-order valence-electron chi connectivity index (χ2n) is 4.70. The van der Waals surface area contributed by atoms with Crippen molar-refractivity contribution < 1.29 is 9.90 Å². The Bertz CT molecular complexity index is 648. The number of aromatic nitrogens is 4. The van der Waals surface area contributed by atoms with Crippen molar-refractivity contribution in [3.05, 3.63) is 35.3 Å². The number of carboxylic acid groups (broad SMARTS) is 1. The van der Waals surface area contributed by atoms with E-state index >= 15 is 0 Å². The molecule has 98 valence electrons. The fourth-order valence-corrected chi connectivity index (χ4v) is 2.46. The molecule has 0 saturated carbocycles. The molecule has 0 unspecified atom stereocenters. The van der Waals surface area contributed by atoms with Crippen LogP contribution in [0.2, 0.25) is 0 Å². The van der Waals surface area contributed by atoms with Gasteiger partial charge in [-0.05, 0) is 32.6 Å². The van der Waals surface area contributed by atoms with Gasteiger partial charge in [0.2, 0.25) is 0 Å². The van der Waals surface area contributed by atoms with Crippen molar-refractivity contribution in [3.63, 3.8) is 0 Å². The minimum atomic E-state index is -1.03. The van der Waals surface area contributed by atoms with Crippen LogP contribution in [0.15, 0.2) is 12.5 Å². The summed E-state index contributed by atoms with van der Waals surface area (Å²) in [6.45, 7) is 1.85. The third-order valence-electron chi connectivity index (χ3n) is 3.32. The second kappa shape index (κ2) is 4.46. The maximum Gasteiger partial charge on any atom is 0.356 e. The standard InChI is InChI=1S/C13H14N4O2/c1-8-15-10-5-3-2-4-9(10)12(16-8)17-6-11(13(18)19)14-7-17/h6-7H,2-5H2,1H3,(H,18,19). The molecule has 3 rings (SSSR count). The summed E-state index contributed by atoms with van der Waals surface area (Å²) in [5, 5.41) is 8.93. The zero-order valence-corrected chi connectivity index (χ0v) is 10.6. The van der Waals surface area contributed by atoms with Crippen LogP contribution < -0.4 is 0 Å². The minimum Gasteiger partial charge on any atom is -0.476 e. The van der Waals surface area contributed by atoms with Crippen molar-refractivity contribution in [2.24, 2.45) is 0 Å². The number of hydrogen-bond acceptors (Lipinski definition) is 4. The topological polar surface area (TPSA) is 80.9 Å². The quantitative estimate of drug-likeness (QED) is 0.883. The van der Waals surface area contributed by atoms with Gasteiger partial charge in [-0.3, -0.25) is 4.57 Å². The Morgan fingerprint density at radius 2 is 2.11 bits per heavy atom. The summed E-state index contributed by atoms with van der Waals surface area (Å²) in [5.74, 6) is 0.446. The molecule has 6 heteroatoms. The fourth-order valence-electron chi connectivity index (χ4n) is 2.46. The molecule has 0 radical (unpaired) electrons. The number of hydrogen-bond donors (Lipinski definition) is 1. The Hall–Kier alpha value is -2.24. The highest BCUT2D eigenvalue weighted by atomic mass is 16.4. The van der Waals surface area contributed by atoms with Crippen molar-refractivity contribution in [2.75, 3.05) is 0 Å². The first-order valence-corrected chi connectivity index (χ1v) is 6.29. The average molecular weight is 258 g/mol. The Morgan fingerprint density at radius 1 is 1.32 bits per heavy atom. The molecule has 2 aromatic rings. The molecule has 0 aliphatic heterocycles. The van der Waals surface area contributed by atoms with Gasteiger partial charge >= 0.3 is 5.97 Å². The predicted molar refractivity (Wildman–Crippen MR) is 67.5 cm³/mol. The monoisotopic (exact) mass is 258 g/mol. The van der Waals surface area contributed by atoms with E-state index in [0.717, 1.165) is 42.8 Å². The number of carbonyl (C=O) groups is 1. The number of rotatable bonds is 2. The number of imidazole rings is 1. The first-order chi connectivity index (χ1) is 9.15. The van der Waals surface area contributed by atoms with E-state index in [-0.39, 0.29) is 5.69 Å². The largest absolute Gasteiger partial charge is 0.476 e. The molecule has 0 bridgehead atoms. The molecule has 2 heterocycles. The van der Waals surface area contributed by atoms with E-state index in [2.05, 4.69) is 15.0 Å². The zero-order valence-electron chi connectivity index (χ0n) is 10.6. The van der Waals surface area contributed by atoms with E-state index in [1.165, 1.54) is 12.5 Å². The lowest BCUT2D eigenvalue weighted by Crippen LogP contribution is -2.13. The summed E-state index contributed by atoms with van der Waals surface area (Å²) >= 11 is 0. The van der Waals surface area contributed by atoms with Gasteiger partial charge in [0.05, 0.1) is 0 Å². The molecule has 1 aliphatic rings. The molecule has 2 aromatic heterocycles. The zero-order chi connectivity index (χ0) is 13.4. The van der Waals surface area contributed by atoms with Crippen LogP contribution in [0.4, 0.5) is 0 Å².